The van der Waals surface area contributed by atoms with Crippen molar-refractivity contribution in [2.75, 3.05) is 40.8 Å². The fourth-order valence-electron chi connectivity index (χ4n) is 2.01. The Labute approximate surface area is 117 Å². The third-order valence-corrected chi connectivity index (χ3v) is 2.93. The van der Waals surface area contributed by atoms with Crippen LogP contribution in [0.2, 0.25) is 0 Å². The molecule has 0 aromatic heterocycles. The number of nitrogens with zero attached hydrogens (tertiary/aromatic N) is 2. The predicted molar refractivity (Wildman–Crippen MR) is 62.6 cm³/mol. The second kappa shape index (κ2) is 7.48. The van der Waals surface area contributed by atoms with E-state index in [1.807, 2.05) is 4.90 Å². The molecular weight excluding hydrogens is 315 g/mol. The smallest absolute Gasteiger partial charge is 0.222 e. The first kappa shape index (κ1) is 16.2. The van der Waals surface area contributed by atoms with Gasteiger partial charge in [0, 0.05) is 19.5 Å². The van der Waals surface area contributed by atoms with Crippen molar-refractivity contribution in [3.8, 4) is 0 Å². The van der Waals surface area contributed by atoms with E-state index >= 15 is 0 Å². The molecule has 1 amide bonds. The molecule has 0 radical (unpaired) electrons. The number of hydrogen-bond acceptors (Lipinski definition) is 1. The van der Waals surface area contributed by atoms with Gasteiger partial charge in [0.1, 0.15) is 0 Å². The standard InChI is InChI=1S/C12H25N2O.HI/c1-14(2,3)11-6-4-5-9-13-10-7-8-12(13)15;/h4-11H2,1-3H3;1H/q+1;/p-1. The van der Waals surface area contributed by atoms with Gasteiger partial charge in [0.2, 0.25) is 5.91 Å². The largest absolute Gasteiger partial charge is 1.00 e. The highest BCUT2D eigenvalue weighted by atomic mass is 127. The number of unbranched alkanes of at least 4 members (excludes halogenated alkanes) is 2. The average molecular weight is 340 g/mol. The van der Waals surface area contributed by atoms with Gasteiger partial charge in [-0.3, -0.25) is 4.79 Å². The third kappa shape index (κ3) is 6.68. The summed E-state index contributed by atoms with van der Waals surface area (Å²) in [5, 5.41) is 0. The lowest BCUT2D eigenvalue weighted by Gasteiger charge is -2.24. The van der Waals surface area contributed by atoms with Gasteiger partial charge in [0.25, 0.3) is 0 Å². The van der Waals surface area contributed by atoms with E-state index in [9.17, 15) is 4.79 Å². The van der Waals surface area contributed by atoms with Crippen LogP contribution in [0.5, 0.6) is 0 Å². The first-order chi connectivity index (χ1) is 6.99. The summed E-state index contributed by atoms with van der Waals surface area (Å²) in [7, 11) is 6.68. The van der Waals surface area contributed by atoms with Gasteiger partial charge >= 0.3 is 0 Å². The lowest BCUT2D eigenvalue weighted by atomic mass is 10.2. The van der Waals surface area contributed by atoms with Gasteiger partial charge in [0.15, 0.2) is 0 Å². The number of carbonyl (C=O) groups excluding carboxylic acids is 1. The summed E-state index contributed by atoms with van der Waals surface area (Å²) < 4.78 is 1.04. The Morgan fingerprint density at radius 1 is 1.19 bits per heavy atom. The second-order valence-corrected chi connectivity index (χ2v) is 5.56. The molecule has 1 rings (SSSR count). The van der Waals surface area contributed by atoms with Crippen LogP contribution >= 0.6 is 0 Å². The number of amides is 1. The second-order valence-electron chi connectivity index (χ2n) is 5.56. The summed E-state index contributed by atoms with van der Waals surface area (Å²) in [6, 6.07) is 0. The number of halogens is 1. The summed E-state index contributed by atoms with van der Waals surface area (Å²) in [6.45, 7) is 3.21. The lowest BCUT2D eigenvalue weighted by Crippen LogP contribution is -3.00. The molecule has 0 bridgehead atoms. The van der Waals surface area contributed by atoms with Crippen LogP contribution in [0.25, 0.3) is 0 Å². The maximum atomic E-state index is 11.3. The molecule has 0 aliphatic carbocycles. The van der Waals surface area contributed by atoms with Crippen molar-refractivity contribution in [2.45, 2.75) is 32.1 Å². The molecule has 0 saturated carbocycles. The van der Waals surface area contributed by atoms with Crippen molar-refractivity contribution in [3.63, 3.8) is 0 Å². The topological polar surface area (TPSA) is 20.3 Å². The molecule has 0 aromatic carbocycles. The van der Waals surface area contributed by atoms with E-state index in [-0.39, 0.29) is 24.0 Å². The molecule has 0 unspecified atom stereocenters. The van der Waals surface area contributed by atoms with Gasteiger partial charge in [-0.15, -0.1) is 0 Å². The SMILES string of the molecule is C[N+](C)(C)CCCCCN1CCCC1=O.[I-]. The molecule has 0 N–H and O–H groups in total. The zero-order valence-corrected chi connectivity index (χ0v) is 13.0. The van der Waals surface area contributed by atoms with E-state index in [0.29, 0.717) is 5.91 Å². The number of carbonyl (C=O) groups is 1. The van der Waals surface area contributed by atoms with E-state index in [1.54, 1.807) is 0 Å². The van der Waals surface area contributed by atoms with E-state index < -0.39 is 0 Å². The van der Waals surface area contributed by atoms with E-state index in [0.717, 1.165) is 30.4 Å². The Bertz CT molecular complexity index is 214. The Morgan fingerprint density at radius 2 is 1.88 bits per heavy atom. The summed E-state index contributed by atoms with van der Waals surface area (Å²) in [6.07, 6.45) is 5.53. The summed E-state index contributed by atoms with van der Waals surface area (Å²) in [5.41, 5.74) is 0. The van der Waals surface area contributed by atoms with Crippen LogP contribution in [0, 0.1) is 0 Å². The van der Waals surface area contributed by atoms with Gasteiger partial charge in [-0.05, 0) is 25.7 Å². The molecule has 4 heteroatoms. The average Bonchev–Trinajstić information content (AvgIpc) is 2.49. The highest BCUT2D eigenvalue weighted by Crippen LogP contribution is 2.11. The van der Waals surface area contributed by atoms with Gasteiger partial charge in [-0.25, -0.2) is 0 Å². The van der Waals surface area contributed by atoms with Crippen LogP contribution in [0.15, 0.2) is 0 Å². The fourth-order valence-corrected chi connectivity index (χ4v) is 2.01. The molecule has 1 saturated heterocycles. The normalized spacial score (nSPS) is 16.4. The van der Waals surface area contributed by atoms with E-state index in [2.05, 4.69) is 21.1 Å². The first-order valence-electron chi connectivity index (χ1n) is 6.07. The molecule has 0 aromatic rings. The number of likely N-dealkylation sites (tertiary alicyclic amines) is 1. The molecule has 0 atom stereocenters. The minimum absolute atomic E-state index is 0. The lowest BCUT2D eigenvalue weighted by molar-refractivity contribution is -0.870. The number of quaternary nitrogens is 1. The molecule has 16 heavy (non-hydrogen) atoms. The molecule has 1 aliphatic rings. The van der Waals surface area contributed by atoms with Crippen LogP contribution in [-0.4, -0.2) is 56.1 Å². The monoisotopic (exact) mass is 340 g/mol. The summed E-state index contributed by atoms with van der Waals surface area (Å²) >= 11 is 0. The molecule has 0 spiro atoms. The van der Waals surface area contributed by atoms with Crippen LogP contribution < -0.4 is 24.0 Å². The van der Waals surface area contributed by atoms with Crippen molar-refractivity contribution in [1.82, 2.24) is 4.90 Å². The molecule has 1 heterocycles. The quantitative estimate of drug-likeness (QED) is 0.327. The highest BCUT2D eigenvalue weighted by Gasteiger charge is 2.18. The molecule has 1 aliphatic heterocycles. The van der Waals surface area contributed by atoms with E-state index in [4.69, 9.17) is 0 Å². The summed E-state index contributed by atoms with van der Waals surface area (Å²) in [5.74, 6) is 0.363. The van der Waals surface area contributed by atoms with Crippen LogP contribution in [0.3, 0.4) is 0 Å². The zero-order chi connectivity index (χ0) is 11.3. The highest BCUT2D eigenvalue weighted by molar-refractivity contribution is 5.77. The van der Waals surface area contributed by atoms with Crippen molar-refractivity contribution in [2.24, 2.45) is 0 Å². The maximum absolute atomic E-state index is 11.3. The Balaban J connectivity index is 0.00000225. The van der Waals surface area contributed by atoms with Gasteiger partial charge < -0.3 is 33.4 Å². The summed E-state index contributed by atoms with van der Waals surface area (Å²) in [4.78, 5) is 13.3. The minimum Gasteiger partial charge on any atom is -1.00 e. The third-order valence-electron chi connectivity index (χ3n) is 2.93. The Kier molecular flexibility index (Phi) is 7.55. The van der Waals surface area contributed by atoms with Gasteiger partial charge in [-0.1, -0.05) is 0 Å². The maximum Gasteiger partial charge on any atom is 0.222 e. The Hall–Kier alpha value is 0.160. The van der Waals surface area contributed by atoms with Crippen LogP contribution in [0.1, 0.15) is 32.1 Å². The number of hydrogen-bond donors (Lipinski definition) is 0. The van der Waals surface area contributed by atoms with Crippen LogP contribution in [0.4, 0.5) is 0 Å². The van der Waals surface area contributed by atoms with Crippen LogP contribution in [-0.2, 0) is 4.79 Å². The van der Waals surface area contributed by atoms with Crippen molar-refractivity contribution < 1.29 is 33.3 Å². The fraction of sp³-hybridized carbons (Fsp3) is 0.917. The molecule has 1 fully saturated rings. The zero-order valence-electron chi connectivity index (χ0n) is 10.8. The Morgan fingerprint density at radius 3 is 2.38 bits per heavy atom. The van der Waals surface area contributed by atoms with Crippen molar-refractivity contribution in [1.29, 1.82) is 0 Å². The molecular formula is C12H25IN2O. The van der Waals surface area contributed by atoms with Crippen molar-refractivity contribution >= 4 is 5.91 Å². The minimum atomic E-state index is 0. The first-order valence-corrected chi connectivity index (χ1v) is 6.07. The number of rotatable bonds is 6. The molecule has 96 valence electrons. The molecule has 3 nitrogen and oxygen atoms in total. The predicted octanol–water partition coefficient (Wildman–Crippen LogP) is -1.51. The van der Waals surface area contributed by atoms with E-state index in [1.165, 1.54) is 25.8 Å². The van der Waals surface area contributed by atoms with Gasteiger partial charge in [-0.2, -0.15) is 0 Å². The van der Waals surface area contributed by atoms with Crippen molar-refractivity contribution in [3.05, 3.63) is 0 Å². The van der Waals surface area contributed by atoms with Gasteiger partial charge in [0.05, 0.1) is 27.7 Å².